The molecule has 0 aliphatic rings. The molecule has 0 fully saturated rings. The molecule has 0 aliphatic carbocycles. The molecule has 0 saturated carbocycles. The van der Waals surface area contributed by atoms with Gasteiger partial charge in [-0.25, -0.2) is 0 Å². The van der Waals surface area contributed by atoms with Gasteiger partial charge in [-0.15, -0.1) is 0 Å². The van der Waals surface area contributed by atoms with E-state index in [0.717, 1.165) is 0 Å². The molecule has 0 aliphatic heterocycles. The maximum Gasteiger partial charge on any atom is 0.0632 e. The topological polar surface area (TPSA) is 32.6 Å². The van der Waals surface area contributed by atoms with Crippen molar-refractivity contribution >= 4 is 5.71 Å². The molecule has 70 heavy (non-hydrogen) atoms. The average Bonchev–Trinajstić information content (AvgIpc) is 3.37. The van der Waals surface area contributed by atoms with Gasteiger partial charge in [0.15, 0.2) is 0 Å². The van der Waals surface area contributed by atoms with E-state index in [2.05, 4.69) is 32.9 Å². The van der Waals surface area contributed by atoms with Gasteiger partial charge < -0.3 is 5.21 Å². The fourth-order valence-corrected chi connectivity index (χ4v) is 11.9. The van der Waals surface area contributed by atoms with Crippen molar-refractivity contribution in [2.45, 2.75) is 419 Å². The van der Waals surface area contributed by atoms with Crippen molar-refractivity contribution in [1.82, 2.24) is 0 Å². The van der Waals surface area contributed by atoms with Gasteiger partial charge in [0.1, 0.15) is 0 Å². The molecular weight excluding hydrogens is 847 g/mol. The molecular formula is C68H137NO. The summed E-state index contributed by atoms with van der Waals surface area (Å²) in [6, 6.07) is 0. The molecule has 420 valence electrons. The quantitative estimate of drug-likeness (QED) is 0.0280. The van der Waals surface area contributed by atoms with Gasteiger partial charge >= 0.3 is 0 Å². The number of oxime groups is 1. The van der Waals surface area contributed by atoms with Crippen LogP contribution in [-0.2, 0) is 0 Å². The van der Waals surface area contributed by atoms with Crippen molar-refractivity contribution < 1.29 is 5.21 Å². The van der Waals surface area contributed by atoms with Crippen molar-refractivity contribution in [2.75, 3.05) is 0 Å². The molecule has 1 atom stereocenters. The van der Waals surface area contributed by atoms with Crippen molar-refractivity contribution in [3.8, 4) is 0 Å². The molecule has 0 rings (SSSR count). The van der Waals surface area contributed by atoms with Crippen LogP contribution in [0.1, 0.15) is 419 Å². The Morgan fingerprint density at radius 3 is 0.429 bits per heavy atom. The molecule has 2 nitrogen and oxygen atoms in total. The molecule has 0 bridgehead atoms. The number of nitrogens with zero attached hydrogens (tertiary/aromatic N) is 1. The summed E-state index contributed by atoms with van der Waals surface area (Å²) in [4.78, 5) is 0. The molecule has 0 heterocycles. The fourth-order valence-electron chi connectivity index (χ4n) is 11.9. The fraction of sp³-hybridized carbons (Fsp3) is 0.985. The van der Waals surface area contributed by atoms with Crippen LogP contribution in [0.3, 0.4) is 0 Å². The van der Waals surface area contributed by atoms with Crippen LogP contribution in [0.15, 0.2) is 5.16 Å². The van der Waals surface area contributed by atoms with Crippen LogP contribution in [0.2, 0.25) is 0 Å². The normalized spacial score (nSPS) is 12.6. The van der Waals surface area contributed by atoms with Crippen LogP contribution in [0.25, 0.3) is 0 Å². The Labute approximate surface area is 445 Å². The van der Waals surface area contributed by atoms with Gasteiger partial charge in [0.2, 0.25) is 0 Å². The van der Waals surface area contributed by atoms with Gasteiger partial charge in [-0.3, -0.25) is 0 Å². The highest BCUT2D eigenvalue weighted by Crippen LogP contribution is 2.30. The van der Waals surface area contributed by atoms with E-state index in [-0.39, 0.29) is 0 Å². The first-order valence-corrected chi connectivity index (χ1v) is 34.0. The second kappa shape index (κ2) is 62.8. The van der Waals surface area contributed by atoms with Crippen LogP contribution >= 0.6 is 0 Å². The largest absolute Gasteiger partial charge is 0.411 e. The van der Waals surface area contributed by atoms with E-state index in [1.165, 1.54) is 397 Å². The summed E-state index contributed by atoms with van der Waals surface area (Å²) in [6.07, 6.45) is 86.1. The Morgan fingerprint density at radius 1 is 0.200 bits per heavy atom. The van der Waals surface area contributed by atoms with Crippen LogP contribution in [0, 0.1) is 11.8 Å². The zero-order valence-corrected chi connectivity index (χ0v) is 49.7. The standard InChI is InChI=1S/C68H137NO/c1-5-9-13-17-21-25-29-33-37-41-45-49-53-57-61-65-67(64-60-56-52-48-44-40-36-32-28-24-20-16-12-8-4)68(69-70)66(62-58-54-50-46-42-38-34-30-26-22-18-14-10-6-2)63-59-55-51-47-43-39-35-31-27-23-19-15-11-7-3/h66-67,70H,5-65H2,1-4H3. The van der Waals surface area contributed by atoms with Gasteiger partial charge in [-0.05, 0) is 25.7 Å². The second-order valence-corrected chi connectivity index (χ2v) is 23.8. The van der Waals surface area contributed by atoms with Crippen molar-refractivity contribution in [3.05, 3.63) is 0 Å². The third-order valence-electron chi connectivity index (χ3n) is 16.8. The van der Waals surface area contributed by atoms with E-state index in [0.29, 0.717) is 11.8 Å². The Kier molecular flexibility index (Phi) is 62.3. The Balaban J connectivity index is 5.11. The van der Waals surface area contributed by atoms with E-state index in [9.17, 15) is 5.21 Å². The molecule has 2 heteroatoms. The first-order chi connectivity index (χ1) is 34.7. The van der Waals surface area contributed by atoms with Gasteiger partial charge in [0.25, 0.3) is 0 Å². The molecule has 0 aromatic heterocycles. The summed E-state index contributed by atoms with van der Waals surface area (Å²) < 4.78 is 0. The smallest absolute Gasteiger partial charge is 0.0632 e. The van der Waals surface area contributed by atoms with Crippen LogP contribution in [-0.4, -0.2) is 10.9 Å². The van der Waals surface area contributed by atoms with Crippen LogP contribution in [0.4, 0.5) is 0 Å². The minimum atomic E-state index is 0.493. The number of rotatable bonds is 63. The highest BCUT2D eigenvalue weighted by Gasteiger charge is 2.25. The molecule has 0 aromatic rings. The number of hydrogen-bond donors (Lipinski definition) is 1. The third-order valence-corrected chi connectivity index (χ3v) is 16.8. The summed E-state index contributed by atoms with van der Waals surface area (Å²) in [7, 11) is 0. The zero-order chi connectivity index (χ0) is 50.6. The van der Waals surface area contributed by atoms with E-state index >= 15 is 0 Å². The maximum absolute atomic E-state index is 10.9. The van der Waals surface area contributed by atoms with Crippen molar-refractivity contribution in [3.63, 3.8) is 0 Å². The minimum Gasteiger partial charge on any atom is -0.411 e. The number of hydrogen-bond acceptors (Lipinski definition) is 2. The summed E-state index contributed by atoms with van der Waals surface area (Å²) in [6.45, 7) is 9.28. The molecule has 0 aromatic carbocycles. The summed E-state index contributed by atoms with van der Waals surface area (Å²) in [5.41, 5.74) is 1.24. The zero-order valence-electron chi connectivity index (χ0n) is 49.7. The highest BCUT2D eigenvalue weighted by atomic mass is 16.4. The molecule has 1 unspecified atom stereocenters. The van der Waals surface area contributed by atoms with Crippen molar-refractivity contribution in [1.29, 1.82) is 0 Å². The lowest BCUT2D eigenvalue weighted by atomic mass is 9.80. The first kappa shape index (κ1) is 69.5. The predicted molar refractivity (Wildman–Crippen MR) is 321 cm³/mol. The summed E-state index contributed by atoms with van der Waals surface area (Å²) in [5, 5.41) is 15.3. The van der Waals surface area contributed by atoms with Crippen molar-refractivity contribution in [2.24, 2.45) is 17.0 Å². The number of unbranched alkanes of at least 4 members (excludes halogenated alkanes) is 53. The molecule has 0 spiro atoms. The van der Waals surface area contributed by atoms with Gasteiger partial charge in [0, 0.05) is 11.8 Å². The highest BCUT2D eigenvalue weighted by molar-refractivity contribution is 5.88. The SMILES string of the molecule is CCCCCCCCCCCCCCCCCC(CCCCCCCCCCCCCCCC)C(=NO)C(CCCCCCCCCCCCCCCC)CCCCCCCCCCCCCCCC. The van der Waals surface area contributed by atoms with E-state index in [1.54, 1.807) is 0 Å². The Bertz CT molecular complexity index is 911. The lowest BCUT2D eigenvalue weighted by molar-refractivity contribution is 0.302. The lowest BCUT2D eigenvalue weighted by Crippen LogP contribution is -2.25. The lowest BCUT2D eigenvalue weighted by Gasteiger charge is -2.26. The maximum atomic E-state index is 10.9. The van der Waals surface area contributed by atoms with Gasteiger partial charge in [-0.1, -0.05) is 399 Å². The minimum absolute atomic E-state index is 0.493. The van der Waals surface area contributed by atoms with E-state index in [4.69, 9.17) is 0 Å². The average molecular weight is 985 g/mol. The molecule has 0 amide bonds. The second-order valence-electron chi connectivity index (χ2n) is 23.8. The van der Waals surface area contributed by atoms with E-state index in [1.807, 2.05) is 0 Å². The molecule has 1 N–H and O–H groups in total. The third kappa shape index (κ3) is 53.8. The summed E-state index contributed by atoms with van der Waals surface area (Å²) >= 11 is 0. The molecule has 0 radical (unpaired) electrons. The Morgan fingerprint density at radius 2 is 0.314 bits per heavy atom. The monoisotopic (exact) mass is 984 g/mol. The predicted octanol–water partition coefficient (Wildman–Crippen LogP) is 25.9. The van der Waals surface area contributed by atoms with Crippen LogP contribution < -0.4 is 0 Å². The van der Waals surface area contributed by atoms with Crippen LogP contribution in [0.5, 0.6) is 0 Å². The summed E-state index contributed by atoms with van der Waals surface area (Å²) in [5.74, 6) is 0.986. The van der Waals surface area contributed by atoms with Gasteiger partial charge in [0.05, 0.1) is 5.71 Å². The molecule has 0 saturated heterocycles. The van der Waals surface area contributed by atoms with Gasteiger partial charge in [-0.2, -0.15) is 0 Å². The Hall–Kier alpha value is -0.530. The first-order valence-electron chi connectivity index (χ1n) is 34.0. The van der Waals surface area contributed by atoms with E-state index < -0.39 is 0 Å².